The number of thiocarbonyl (C=S) groups is 1. The maximum atomic E-state index is 5.65. The van der Waals surface area contributed by atoms with Crippen molar-refractivity contribution in [2.24, 2.45) is 5.73 Å². The zero-order chi connectivity index (χ0) is 14.1. The second-order valence-electron chi connectivity index (χ2n) is 4.53. The number of hydrazine groups is 1. The predicted octanol–water partition coefficient (Wildman–Crippen LogP) is 2.89. The van der Waals surface area contributed by atoms with Gasteiger partial charge in [0, 0.05) is 17.8 Å². The van der Waals surface area contributed by atoms with Crippen LogP contribution in [0.2, 0.25) is 0 Å². The first-order valence-corrected chi connectivity index (χ1v) is 6.65. The van der Waals surface area contributed by atoms with Gasteiger partial charge in [0.15, 0.2) is 5.11 Å². The maximum absolute atomic E-state index is 5.65. The number of aromatic nitrogens is 1. The monoisotopic (exact) mass is 282 g/mol. The summed E-state index contributed by atoms with van der Waals surface area (Å²) in [6.45, 7) is 0. The molecule has 0 fully saturated rings. The lowest BCUT2D eigenvalue weighted by Gasteiger charge is -2.21. The quantitative estimate of drug-likeness (QED) is 0.430. The van der Waals surface area contributed by atoms with Gasteiger partial charge in [-0.1, -0.05) is 36.4 Å². The number of pyridine rings is 1. The minimum absolute atomic E-state index is 0.287. The summed E-state index contributed by atoms with van der Waals surface area (Å²) in [4.78, 5) is 4.67. The molecule has 0 aliphatic carbocycles. The Morgan fingerprint density at radius 2 is 1.55 bits per heavy atom. The molecule has 3 rings (SSSR count). The molecule has 0 aliphatic heterocycles. The van der Waals surface area contributed by atoms with Gasteiger partial charge < -0.3 is 5.73 Å². The van der Waals surface area contributed by atoms with Crippen LogP contribution >= 0.6 is 12.2 Å². The van der Waals surface area contributed by atoms with Crippen LogP contribution in [0.5, 0.6) is 0 Å². The molecule has 1 aromatic heterocycles. The highest BCUT2D eigenvalue weighted by Gasteiger charge is 2.10. The zero-order valence-corrected chi connectivity index (χ0v) is 11.8. The van der Waals surface area contributed by atoms with Crippen molar-refractivity contribution >= 4 is 44.8 Å². The third-order valence-corrected chi connectivity index (χ3v) is 3.47. The minimum Gasteiger partial charge on any atom is -0.375 e. The Labute approximate surface area is 122 Å². The van der Waals surface area contributed by atoms with Gasteiger partial charge in [-0.2, -0.15) is 0 Å². The molecule has 0 bridgehead atoms. The summed E-state index contributed by atoms with van der Waals surface area (Å²) in [5.74, 6) is 0. The maximum Gasteiger partial charge on any atom is 0.184 e. The first-order valence-electron chi connectivity index (χ1n) is 6.24. The van der Waals surface area contributed by atoms with Crippen LogP contribution in [0, 0.1) is 0 Å². The van der Waals surface area contributed by atoms with E-state index in [-0.39, 0.29) is 5.11 Å². The molecular weight excluding hydrogens is 268 g/mol. The van der Waals surface area contributed by atoms with Gasteiger partial charge in [-0.15, -0.1) is 0 Å². The summed E-state index contributed by atoms with van der Waals surface area (Å²) in [7, 11) is 1.80. The van der Waals surface area contributed by atoms with Crippen LogP contribution in [0.4, 0.5) is 5.69 Å². The van der Waals surface area contributed by atoms with Crippen LogP contribution in [0.25, 0.3) is 21.8 Å². The predicted molar refractivity (Wildman–Crippen MR) is 87.4 cm³/mol. The number of rotatable bonds is 2. The Hall–Kier alpha value is -2.40. The van der Waals surface area contributed by atoms with E-state index in [9.17, 15) is 0 Å². The van der Waals surface area contributed by atoms with Crippen molar-refractivity contribution in [3.05, 3.63) is 48.5 Å². The van der Waals surface area contributed by atoms with Gasteiger partial charge in [0.2, 0.25) is 0 Å². The molecule has 0 atom stereocenters. The van der Waals surface area contributed by atoms with Gasteiger partial charge in [0.05, 0.1) is 16.7 Å². The van der Waals surface area contributed by atoms with Crippen molar-refractivity contribution in [2.75, 3.05) is 12.5 Å². The zero-order valence-electron chi connectivity index (χ0n) is 11.0. The number of nitrogens with one attached hydrogen (secondary N) is 1. The normalized spacial score (nSPS) is 10.7. The average molecular weight is 282 g/mol. The molecule has 0 unspecified atom stereocenters. The summed E-state index contributed by atoms with van der Waals surface area (Å²) in [6, 6.07) is 16.0. The molecule has 20 heavy (non-hydrogen) atoms. The largest absolute Gasteiger partial charge is 0.375 e. The van der Waals surface area contributed by atoms with Gasteiger partial charge in [-0.3, -0.25) is 10.4 Å². The molecule has 0 saturated heterocycles. The molecule has 1 heterocycles. The Morgan fingerprint density at radius 1 is 1.05 bits per heavy atom. The molecule has 0 amide bonds. The molecule has 0 spiro atoms. The highest BCUT2D eigenvalue weighted by Crippen LogP contribution is 2.30. The highest BCUT2D eigenvalue weighted by atomic mass is 32.1. The number of hydrogen-bond donors (Lipinski definition) is 2. The number of nitrogens with two attached hydrogens (primary N) is 1. The lowest BCUT2D eigenvalue weighted by atomic mass is 10.1. The first-order chi connectivity index (χ1) is 9.66. The Morgan fingerprint density at radius 3 is 2.05 bits per heavy atom. The van der Waals surface area contributed by atoms with E-state index in [0.717, 1.165) is 27.5 Å². The fraction of sp³-hybridized carbons (Fsp3) is 0.0667. The van der Waals surface area contributed by atoms with Crippen molar-refractivity contribution in [2.45, 2.75) is 0 Å². The third kappa shape index (κ3) is 2.12. The Balaban J connectivity index is 2.30. The SMILES string of the molecule is CN(Nc1c2ccccc2nc2ccccc12)C(N)=S. The summed E-state index contributed by atoms with van der Waals surface area (Å²) >= 11 is 4.99. The van der Waals surface area contributed by atoms with Crippen LogP contribution in [-0.2, 0) is 0 Å². The minimum atomic E-state index is 0.287. The lowest BCUT2D eigenvalue weighted by molar-refractivity contribution is 0.616. The van der Waals surface area contributed by atoms with Crippen LogP contribution in [-0.4, -0.2) is 22.2 Å². The van der Waals surface area contributed by atoms with Crippen LogP contribution in [0.3, 0.4) is 0 Å². The van der Waals surface area contributed by atoms with Crippen LogP contribution < -0.4 is 11.2 Å². The molecule has 4 nitrogen and oxygen atoms in total. The van der Waals surface area contributed by atoms with Gasteiger partial charge in [-0.05, 0) is 24.4 Å². The smallest absolute Gasteiger partial charge is 0.184 e. The summed E-state index contributed by atoms with van der Waals surface area (Å²) in [5, 5.41) is 3.99. The fourth-order valence-electron chi connectivity index (χ4n) is 2.18. The second kappa shape index (κ2) is 4.94. The van der Waals surface area contributed by atoms with Crippen LogP contribution in [0.15, 0.2) is 48.5 Å². The number of benzene rings is 2. The second-order valence-corrected chi connectivity index (χ2v) is 4.95. The molecular formula is C15H14N4S. The molecule has 2 aromatic carbocycles. The van der Waals surface area contributed by atoms with Gasteiger partial charge >= 0.3 is 0 Å². The Kier molecular flexibility index (Phi) is 3.12. The fourth-order valence-corrected chi connectivity index (χ4v) is 2.23. The van der Waals surface area contributed by atoms with E-state index < -0.39 is 0 Å². The topological polar surface area (TPSA) is 54.2 Å². The molecule has 5 heteroatoms. The number of fused-ring (bicyclic) bond motifs is 2. The molecule has 3 aromatic rings. The van der Waals surface area contributed by atoms with Crippen molar-refractivity contribution in [1.29, 1.82) is 0 Å². The van der Waals surface area contributed by atoms with Crippen molar-refractivity contribution in [1.82, 2.24) is 9.99 Å². The summed E-state index contributed by atoms with van der Waals surface area (Å²) < 4.78 is 0. The average Bonchev–Trinajstić information content (AvgIpc) is 2.46. The van der Waals surface area contributed by atoms with Crippen molar-refractivity contribution in [3.63, 3.8) is 0 Å². The van der Waals surface area contributed by atoms with Crippen LogP contribution in [0.1, 0.15) is 0 Å². The van der Waals surface area contributed by atoms with E-state index in [1.165, 1.54) is 0 Å². The lowest BCUT2D eigenvalue weighted by Crippen LogP contribution is -2.36. The molecule has 100 valence electrons. The van der Waals surface area contributed by atoms with E-state index >= 15 is 0 Å². The third-order valence-electron chi connectivity index (χ3n) is 3.20. The van der Waals surface area contributed by atoms with E-state index in [2.05, 4.69) is 10.4 Å². The van der Waals surface area contributed by atoms with E-state index in [0.29, 0.717) is 0 Å². The highest BCUT2D eigenvalue weighted by molar-refractivity contribution is 7.80. The number of para-hydroxylation sites is 2. The number of anilines is 1. The van der Waals surface area contributed by atoms with E-state index in [1.807, 2.05) is 48.5 Å². The van der Waals surface area contributed by atoms with E-state index in [4.69, 9.17) is 18.0 Å². The van der Waals surface area contributed by atoms with E-state index in [1.54, 1.807) is 12.1 Å². The molecule has 0 aliphatic rings. The van der Waals surface area contributed by atoms with Gasteiger partial charge in [0.25, 0.3) is 0 Å². The first kappa shape index (κ1) is 12.6. The molecule has 3 N–H and O–H groups in total. The molecule has 0 saturated carbocycles. The Bertz CT molecular complexity index is 746. The van der Waals surface area contributed by atoms with Crippen molar-refractivity contribution in [3.8, 4) is 0 Å². The summed E-state index contributed by atoms with van der Waals surface area (Å²) in [5.41, 5.74) is 11.7. The standard InChI is InChI=1S/C15H14N4S/c1-19(15(16)20)18-14-10-6-2-4-8-12(10)17-13-9-5-3-7-11(13)14/h2-9H,1H3,(H2,16,20)(H,17,18). The van der Waals surface area contributed by atoms with Gasteiger partial charge in [0.1, 0.15) is 0 Å². The van der Waals surface area contributed by atoms with Crippen molar-refractivity contribution < 1.29 is 0 Å². The number of nitrogens with zero attached hydrogens (tertiary/aromatic N) is 2. The molecule has 0 radical (unpaired) electrons. The summed E-state index contributed by atoms with van der Waals surface area (Å²) in [6.07, 6.45) is 0. The van der Waals surface area contributed by atoms with Gasteiger partial charge in [-0.25, -0.2) is 4.98 Å². The number of hydrogen-bond acceptors (Lipinski definition) is 3.